The molecule has 1 amide bonds. The van der Waals surface area contributed by atoms with Gasteiger partial charge in [-0.05, 0) is 24.0 Å². The summed E-state index contributed by atoms with van der Waals surface area (Å²) in [7, 11) is 0. The zero-order valence-electron chi connectivity index (χ0n) is 17.5. The van der Waals surface area contributed by atoms with Gasteiger partial charge >= 0.3 is 5.76 Å². The normalized spacial score (nSPS) is 12.2. The quantitative estimate of drug-likeness (QED) is 0.537. The lowest BCUT2D eigenvalue weighted by Gasteiger charge is -2.19. The van der Waals surface area contributed by atoms with E-state index in [0.29, 0.717) is 12.0 Å². The van der Waals surface area contributed by atoms with Crippen molar-refractivity contribution in [3.8, 4) is 11.4 Å². The lowest BCUT2D eigenvalue weighted by Crippen LogP contribution is -2.43. The van der Waals surface area contributed by atoms with Crippen LogP contribution in [0.15, 0.2) is 76.1 Å². The van der Waals surface area contributed by atoms with Crippen LogP contribution in [0.4, 0.5) is 0 Å². The second-order valence-electron chi connectivity index (χ2n) is 7.63. The number of benzene rings is 2. The van der Waals surface area contributed by atoms with Crippen molar-refractivity contribution in [2.24, 2.45) is 5.92 Å². The van der Waals surface area contributed by atoms with Gasteiger partial charge in [-0.25, -0.2) is 9.36 Å². The molecule has 3 rings (SSSR count). The van der Waals surface area contributed by atoms with Gasteiger partial charge in [-0.1, -0.05) is 79.7 Å². The van der Waals surface area contributed by atoms with Crippen molar-refractivity contribution in [1.82, 2.24) is 15.0 Å². The van der Waals surface area contributed by atoms with Crippen LogP contribution in [0.1, 0.15) is 25.8 Å². The Balaban J connectivity index is 1.75. The summed E-state index contributed by atoms with van der Waals surface area (Å²) in [6.45, 7) is 3.69. The van der Waals surface area contributed by atoms with E-state index in [4.69, 9.17) is 4.52 Å². The van der Waals surface area contributed by atoms with Crippen LogP contribution in [0.2, 0.25) is 0 Å². The second kappa shape index (κ2) is 10.3. The van der Waals surface area contributed by atoms with Crippen molar-refractivity contribution in [1.29, 1.82) is 0 Å². The summed E-state index contributed by atoms with van der Waals surface area (Å²) in [6, 6.07) is 17.7. The van der Waals surface area contributed by atoms with E-state index in [9.17, 15) is 14.4 Å². The molecule has 3 aromatic rings. The number of Topliss-reactive ketones (excluding diaryl/α,β-unsaturated/α-hetero) is 1. The van der Waals surface area contributed by atoms with Crippen LogP contribution in [-0.4, -0.2) is 27.5 Å². The van der Waals surface area contributed by atoms with Gasteiger partial charge in [0.2, 0.25) is 5.91 Å². The number of carbonyl (C=O) groups excluding carboxylic acids is 2. The minimum atomic E-state index is -0.738. The number of hydrogen-bond acceptors (Lipinski definition) is 5. The average molecular weight is 419 g/mol. The highest BCUT2D eigenvalue weighted by Crippen LogP contribution is 2.16. The molecular formula is C24H25N3O4. The molecule has 0 unspecified atom stereocenters. The third-order valence-electron chi connectivity index (χ3n) is 4.67. The van der Waals surface area contributed by atoms with Gasteiger partial charge in [0.15, 0.2) is 11.6 Å². The summed E-state index contributed by atoms with van der Waals surface area (Å²) >= 11 is 0. The molecule has 0 radical (unpaired) electrons. The van der Waals surface area contributed by atoms with Crippen molar-refractivity contribution in [2.75, 3.05) is 0 Å². The van der Waals surface area contributed by atoms with E-state index < -0.39 is 11.8 Å². The van der Waals surface area contributed by atoms with Crippen molar-refractivity contribution < 1.29 is 14.1 Å². The standard InChI is InChI=1S/C24H25N3O4/c1-17(2)15-20(25-22(29)14-13-18-9-5-3-6-10-18)21(28)16-27-23(26-31-24(27)30)19-11-7-4-8-12-19/h3-14,17,20H,15-16H2,1-2H3,(H,25,29)/b14-13+/t20-/m0/s1. The summed E-state index contributed by atoms with van der Waals surface area (Å²) in [5.41, 5.74) is 1.55. The van der Waals surface area contributed by atoms with Crippen LogP contribution in [0, 0.1) is 5.92 Å². The summed E-state index contributed by atoms with van der Waals surface area (Å²) in [5.74, 6) is -0.940. The Morgan fingerprint density at radius 3 is 2.35 bits per heavy atom. The van der Waals surface area contributed by atoms with Crippen molar-refractivity contribution in [3.63, 3.8) is 0 Å². The number of carbonyl (C=O) groups is 2. The molecule has 2 aromatic carbocycles. The van der Waals surface area contributed by atoms with Crippen molar-refractivity contribution in [2.45, 2.75) is 32.9 Å². The molecule has 0 aliphatic rings. The molecule has 0 saturated carbocycles. The maximum absolute atomic E-state index is 13.0. The molecule has 7 nitrogen and oxygen atoms in total. The predicted octanol–water partition coefficient (Wildman–Crippen LogP) is 3.32. The molecular weight excluding hydrogens is 394 g/mol. The van der Waals surface area contributed by atoms with Gasteiger partial charge < -0.3 is 5.32 Å². The first-order chi connectivity index (χ1) is 14.9. The van der Waals surface area contributed by atoms with Crippen LogP contribution in [-0.2, 0) is 16.1 Å². The van der Waals surface area contributed by atoms with Crippen molar-refractivity contribution in [3.05, 3.63) is 82.9 Å². The highest BCUT2D eigenvalue weighted by Gasteiger charge is 2.24. The Hall–Kier alpha value is -3.74. The molecule has 7 heteroatoms. The summed E-state index contributed by atoms with van der Waals surface area (Å²) in [5, 5.41) is 6.58. The first kappa shape index (κ1) is 22.0. The molecule has 1 N–H and O–H groups in total. The zero-order valence-corrected chi connectivity index (χ0v) is 17.5. The lowest BCUT2D eigenvalue weighted by molar-refractivity contribution is -0.126. The van der Waals surface area contributed by atoms with Crippen molar-refractivity contribution >= 4 is 17.8 Å². The van der Waals surface area contributed by atoms with Gasteiger partial charge in [-0.2, -0.15) is 0 Å². The van der Waals surface area contributed by atoms with Gasteiger partial charge in [0.25, 0.3) is 0 Å². The van der Waals surface area contributed by atoms with Gasteiger partial charge in [0.1, 0.15) is 0 Å². The van der Waals surface area contributed by atoms with E-state index in [1.807, 2.05) is 62.4 Å². The molecule has 0 aliphatic carbocycles. The first-order valence-corrected chi connectivity index (χ1v) is 10.1. The van der Waals surface area contributed by atoms with E-state index in [1.165, 1.54) is 10.6 Å². The minimum Gasteiger partial charge on any atom is -0.343 e. The van der Waals surface area contributed by atoms with Crippen LogP contribution in [0.3, 0.4) is 0 Å². The number of hydrogen-bond donors (Lipinski definition) is 1. The maximum Gasteiger partial charge on any atom is 0.442 e. The molecule has 160 valence electrons. The number of nitrogens with one attached hydrogen (secondary N) is 1. The molecule has 1 atom stereocenters. The molecule has 0 spiro atoms. The van der Waals surface area contributed by atoms with Crippen LogP contribution in [0.25, 0.3) is 17.5 Å². The molecule has 0 bridgehead atoms. The summed E-state index contributed by atoms with van der Waals surface area (Å²) < 4.78 is 5.98. The predicted molar refractivity (Wildman–Crippen MR) is 118 cm³/mol. The monoisotopic (exact) mass is 419 g/mol. The van der Waals surface area contributed by atoms with E-state index in [-0.39, 0.29) is 30.0 Å². The Morgan fingerprint density at radius 2 is 1.71 bits per heavy atom. The van der Waals surface area contributed by atoms with Gasteiger partial charge in [-0.3, -0.25) is 14.1 Å². The fraction of sp³-hybridized carbons (Fsp3) is 0.250. The molecule has 0 fully saturated rings. The second-order valence-corrected chi connectivity index (χ2v) is 7.63. The summed E-state index contributed by atoms with van der Waals surface area (Å²) in [4.78, 5) is 37.6. The third-order valence-corrected chi connectivity index (χ3v) is 4.67. The highest BCUT2D eigenvalue weighted by molar-refractivity contribution is 5.96. The largest absolute Gasteiger partial charge is 0.442 e. The number of rotatable bonds is 9. The number of amides is 1. The fourth-order valence-corrected chi connectivity index (χ4v) is 3.17. The first-order valence-electron chi connectivity index (χ1n) is 10.1. The number of aromatic nitrogens is 2. The topological polar surface area (TPSA) is 94.2 Å². The minimum absolute atomic E-state index is 0.167. The zero-order chi connectivity index (χ0) is 22.2. The molecule has 1 heterocycles. The van der Waals surface area contributed by atoms with Gasteiger partial charge in [0.05, 0.1) is 12.6 Å². The van der Waals surface area contributed by atoms with Crippen LogP contribution < -0.4 is 11.1 Å². The fourth-order valence-electron chi connectivity index (χ4n) is 3.17. The van der Waals surface area contributed by atoms with Gasteiger partial charge in [0, 0.05) is 11.6 Å². The Kier molecular flexibility index (Phi) is 7.32. The smallest absolute Gasteiger partial charge is 0.343 e. The molecule has 1 aromatic heterocycles. The van der Waals surface area contributed by atoms with Crippen LogP contribution in [0.5, 0.6) is 0 Å². The number of nitrogens with zero attached hydrogens (tertiary/aromatic N) is 2. The molecule has 0 saturated heterocycles. The molecule has 0 aliphatic heterocycles. The van der Waals surface area contributed by atoms with E-state index >= 15 is 0 Å². The van der Waals surface area contributed by atoms with E-state index in [0.717, 1.165) is 5.56 Å². The average Bonchev–Trinajstić information content (AvgIpc) is 3.13. The van der Waals surface area contributed by atoms with Gasteiger partial charge in [-0.15, -0.1) is 0 Å². The van der Waals surface area contributed by atoms with Crippen LogP contribution >= 0.6 is 0 Å². The lowest BCUT2D eigenvalue weighted by atomic mass is 10.00. The number of ketones is 1. The summed E-state index contributed by atoms with van der Waals surface area (Å²) in [6.07, 6.45) is 3.53. The Bertz CT molecular complexity index is 1100. The van der Waals surface area contributed by atoms with E-state index in [1.54, 1.807) is 18.2 Å². The highest BCUT2D eigenvalue weighted by atomic mass is 16.5. The molecule has 31 heavy (non-hydrogen) atoms. The Morgan fingerprint density at radius 1 is 1.06 bits per heavy atom. The van der Waals surface area contributed by atoms with E-state index in [2.05, 4.69) is 10.5 Å². The Labute approximate surface area is 180 Å². The third kappa shape index (κ3) is 6.12. The maximum atomic E-state index is 13.0. The SMILES string of the molecule is CC(C)C[C@H](NC(=O)/C=C/c1ccccc1)C(=O)Cn1c(-c2ccccc2)noc1=O.